The van der Waals surface area contributed by atoms with E-state index in [0.717, 1.165) is 30.0 Å². The highest BCUT2D eigenvalue weighted by molar-refractivity contribution is 5.42. The summed E-state index contributed by atoms with van der Waals surface area (Å²) in [6.45, 7) is 3.75. The first-order valence-electron chi connectivity index (χ1n) is 7.41. The van der Waals surface area contributed by atoms with Crippen molar-refractivity contribution in [3.8, 4) is 0 Å². The molecule has 1 saturated carbocycles. The Morgan fingerprint density at radius 1 is 1.18 bits per heavy atom. The second-order valence-electron chi connectivity index (χ2n) is 5.73. The Kier molecular flexibility index (Phi) is 3.79. The third-order valence-electron chi connectivity index (χ3n) is 3.88. The number of aryl methyl sites for hydroxylation is 2. The van der Waals surface area contributed by atoms with Crippen LogP contribution in [0.4, 0.5) is 11.8 Å². The summed E-state index contributed by atoms with van der Waals surface area (Å²) in [5.74, 6) is 2.44. The van der Waals surface area contributed by atoms with Crippen molar-refractivity contribution in [2.45, 2.75) is 38.6 Å². The lowest BCUT2D eigenvalue weighted by Crippen LogP contribution is -2.35. The molecule has 0 atom stereocenters. The van der Waals surface area contributed by atoms with Gasteiger partial charge in [0.25, 0.3) is 5.56 Å². The van der Waals surface area contributed by atoms with E-state index in [-0.39, 0.29) is 5.56 Å². The van der Waals surface area contributed by atoms with Crippen molar-refractivity contribution in [1.29, 1.82) is 0 Å². The topological polar surface area (TPSA) is 95.6 Å². The lowest BCUT2D eigenvalue weighted by molar-refractivity contribution is 0.364. The number of aromatic nitrogens is 4. The van der Waals surface area contributed by atoms with Gasteiger partial charge >= 0.3 is 0 Å². The van der Waals surface area contributed by atoms with E-state index in [0.29, 0.717) is 23.7 Å². The van der Waals surface area contributed by atoms with Crippen LogP contribution in [0.15, 0.2) is 16.9 Å². The van der Waals surface area contributed by atoms with Crippen molar-refractivity contribution in [2.75, 3.05) is 17.7 Å². The van der Waals surface area contributed by atoms with Crippen molar-refractivity contribution < 1.29 is 0 Å². The van der Waals surface area contributed by atoms with Crippen molar-refractivity contribution in [3.05, 3.63) is 39.7 Å². The molecule has 7 heteroatoms. The normalized spacial score (nSPS) is 20.3. The molecule has 116 valence electrons. The number of aromatic amines is 1. The second-order valence-corrected chi connectivity index (χ2v) is 5.73. The predicted molar refractivity (Wildman–Crippen MR) is 85.3 cm³/mol. The van der Waals surface area contributed by atoms with Gasteiger partial charge in [-0.25, -0.2) is 9.97 Å². The Bertz CT molecular complexity index is 735. The number of nitrogens with one attached hydrogen (secondary N) is 3. The van der Waals surface area contributed by atoms with Crippen LogP contribution in [0.5, 0.6) is 0 Å². The highest BCUT2D eigenvalue weighted by atomic mass is 16.1. The van der Waals surface area contributed by atoms with Gasteiger partial charge in [0.1, 0.15) is 11.6 Å². The summed E-state index contributed by atoms with van der Waals surface area (Å²) in [6.07, 6.45) is 1.87. The number of nitrogens with zero attached hydrogens (tertiary/aromatic N) is 3. The molecule has 0 saturated heterocycles. The van der Waals surface area contributed by atoms with Crippen molar-refractivity contribution in [2.24, 2.45) is 0 Å². The maximum atomic E-state index is 11.5. The molecule has 0 aromatic carbocycles. The highest BCUT2D eigenvalue weighted by Crippen LogP contribution is 2.36. The Balaban J connectivity index is 1.64. The molecule has 2 aromatic heterocycles. The van der Waals surface area contributed by atoms with E-state index in [1.54, 1.807) is 13.0 Å². The second kappa shape index (κ2) is 5.75. The van der Waals surface area contributed by atoms with Gasteiger partial charge in [-0.2, -0.15) is 4.98 Å². The van der Waals surface area contributed by atoms with Crippen LogP contribution in [0.25, 0.3) is 0 Å². The van der Waals surface area contributed by atoms with E-state index in [1.807, 2.05) is 20.0 Å². The predicted octanol–water partition coefficient (Wildman–Crippen LogP) is 1.58. The average Bonchev–Trinajstić information content (AvgIpc) is 2.40. The Morgan fingerprint density at radius 2 is 1.95 bits per heavy atom. The molecule has 0 aliphatic heterocycles. The minimum atomic E-state index is -0.0837. The fraction of sp³-hybridized carbons (Fsp3) is 0.467. The molecular weight excluding hydrogens is 280 g/mol. The molecule has 1 aliphatic rings. The first-order chi connectivity index (χ1) is 10.5. The maximum Gasteiger partial charge on any atom is 0.251 e. The van der Waals surface area contributed by atoms with Crippen molar-refractivity contribution >= 4 is 11.8 Å². The number of hydrogen-bond donors (Lipinski definition) is 3. The van der Waals surface area contributed by atoms with E-state index in [4.69, 9.17) is 0 Å². The molecule has 22 heavy (non-hydrogen) atoms. The lowest BCUT2D eigenvalue weighted by Gasteiger charge is -2.35. The molecule has 0 spiro atoms. The smallest absolute Gasteiger partial charge is 0.251 e. The summed E-state index contributed by atoms with van der Waals surface area (Å²) < 4.78 is 0. The molecule has 1 fully saturated rings. The summed E-state index contributed by atoms with van der Waals surface area (Å²) in [4.78, 5) is 27.4. The van der Waals surface area contributed by atoms with Gasteiger partial charge in [0.2, 0.25) is 5.95 Å². The molecule has 0 radical (unpaired) electrons. The fourth-order valence-electron chi connectivity index (χ4n) is 2.73. The fourth-order valence-corrected chi connectivity index (χ4v) is 2.73. The molecule has 2 aromatic rings. The minimum absolute atomic E-state index is 0.0837. The van der Waals surface area contributed by atoms with Crippen LogP contribution in [0.1, 0.15) is 36.0 Å². The van der Waals surface area contributed by atoms with Gasteiger partial charge in [-0.15, -0.1) is 0 Å². The zero-order valence-corrected chi connectivity index (χ0v) is 13.0. The SMILES string of the molecule is CNc1cc(C)nc(NC2CC(c3cc(=O)[nH]c(C)n3)C2)n1. The quantitative estimate of drug-likeness (QED) is 0.793. The number of anilines is 2. The molecule has 2 heterocycles. The lowest BCUT2D eigenvalue weighted by atomic mass is 9.78. The van der Waals surface area contributed by atoms with Gasteiger partial charge in [-0.1, -0.05) is 0 Å². The molecule has 3 rings (SSSR count). The average molecular weight is 300 g/mol. The van der Waals surface area contributed by atoms with Crippen LogP contribution in [0.3, 0.4) is 0 Å². The van der Waals surface area contributed by atoms with Gasteiger partial charge in [0.05, 0.1) is 5.69 Å². The van der Waals surface area contributed by atoms with Crippen molar-refractivity contribution in [1.82, 2.24) is 19.9 Å². The summed E-state index contributed by atoms with van der Waals surface area (Å²) >= 11 is 0. The van der Waals surface area contributed by atoms with E-state index < -0.39 is 0 Å². The van der Waals surface area contributed by atoms with E-state index in [9.17, 15) is 4.79 Å². The molecule has 0 unspecified atom stereocenters. The molecule has 1 aliphatic carbocycles. The standard InChI is InChI=1S/C15H20N6O/c1-8-4-13(16-3)21-15(17-8)20-11-5-10(6-11)12-7-14(22)19-9(2)18-12/h4,7,10-11H,5-6H2,1-3H3,(H,18,19,22)(H2,16,17,20,21). The zero-order valence-electron chi connectivity index (χ0n) is 13.0. The van der Waals surface area contributed by atoms with Crippen molar-refractivity contribution in [3.63, 3.8) is 0 Å². The Morgan fingerprint density at radius 3 is 2.64 bits per heavy atom. The van der Waals surface area contributed by atoms with Gasteiger partial charge in [-0.3, -0.25) is 4.79 Å². The summed E-state index contributed by atoms with van der Waals surface area (Å²) in [5, 5.41) is 6.37. The molecule has 7 nitrogen and oxygen atoms in total. The number of H-pyrrole nitrogens is 1. The largest absolute Gasteiger partial charge is 0.373 e. The number of rotatable bonds is 4. The Hall–Kier alpha value is -2.44. The summed E-state index contributed by atoms with van der Waals surface area (Å²) in [7, 11) is 1.84. The van der Waals surface area contributed by atoms with Gasteiger partial charge < -0.3 is 15.6 Å². The highest BCUT2D eigenvalue weighted by Gasteiger charge is 2.32. The van der Waals surface area contributed by atoms with E-state index >= 15 is 0 Å². The van der Waals surface area contributed by atoms with Crippen LogP contribution >= 0.6 is 0 Å². The van der Waals surface area contributed by atoms with Gasteiger partial charge in [0, 0.05) is 36.8 Å². The monoisotopic (exact) mass is 300 g/mol. The first-order valence-corrected chi connectivity index (χ1v) is 7.41. The van der Waals surface area contributed by atoms with Crippen LogP contribution in [-0.2, 0) is 0 Å². The summed E-state index contributed by atoms with van der Waals surface area (Å²) in [6, 6.07) is 3.81. The Labute approximate surface area is 128 Å². The first kappa shape index (κ1) is 14.5. The molecule has 0 amide bonds. The van der Waals surface area contributed by atoms with Gasteiger partial charge in [0.15, 0.2) is 0 Å². The zero-order chi connectivity index (χ0) is 15.7. The van der Waals surface area contributed by atoms with Gasteiger partial charge in [-0.05, 0) is 26.7 Å². The third kappa shape index (κ3) is 3.08. The number of hydrogen-bond acceptors (Lipinski definition) is 6. The van der Waals surface area contributed by atoms with E-state index in [1.165, 1.54) is 0 Å². The van der Waals surface area contributed by atoms with Crippen LogP contribution in [-0.4, -0.2) is 33.0 Å². The van der Waals surface area contributed by atoms with Crippen LogP contribution in [0, 0.1) is 13.8 Å². The minimum Gasteiger partial charge on any atom is -0.373 e. The molecule has 0 bridgehead atoms. The summed E-state index contributed by atoms with van der Waals surface area (Å²) in [5.41, 5.74) is 1.71. The van der Waals surface area contributed by atoms with Crippen LogP contribution in [0.2, 0.25) is 0 Å². The molecular formula is C15H20N6O. The van der Waals surface area contributed by atoms with E-state index in [2.05, 4.69) is 30.6 Å². The van der Waals surface area contributed by atoms with Crippen LogP contribution < -0.4 is 16.2 Å². The third-order valence-corrected chi connectivity index (χ3v) is 3.88. The molecule has 3 N–H and O–H groups in total. The maximum absolute atomic E-state index is 11.5.